The van der Waals surface area contributed by atoms with Gasteiger partial charge in [-0.1, -0.05) is 30.3 Å². The van der Waals surface area contributed by atoms with Crippen LogP contribution in [0.15, 0.2) is 48.5 Å². The second-order valence-electron chi connectivity index (χ2n) is 7.99. The molecule has 140 valence electrons. The van der Waals surface area contributed by atoms with Gasteiger partial charge in [0, 0.05) is 41.4 Å². The minimum Gasteiger partial charge on any atom is -0.375 e. The number of hydrogen-bond donors (Lipinski definition) is 2. The number of aromatic amines is 1. The van der Waals surface area contributed by atoms with Gasteiger partial charge in [-0.15, -0.1) is 0 Å². The van der Waals surface area contributed by atoms with E-state index < -0.39 is 0 Å². The van der Waals surface area contributed by atoms with Crippen LogP contribution in [0.3, 0.4) is 0 Å². The second-order valence-corrected chi connectivity index (χ2v) is 7.99. The average Bonchev–Trinajstić information content (AvgIpc) is 3.06. The van der Waals surface area contributed by atoms with Crippen LogP contribution in [0.25, 0.3) is 10.9 Å². The molecule has 0 spiro atoms. The molecule has 0 radical (unpaired) electrons. The fourth-order valence-corrected chi connectivity index (χ4v) is 4.61. The topological polar surface area (TPSA) is 40.3 Å². The zero-order chi connectivity index (χ0) is 18.4. The summed E-state index contributed by atoms with van der Waals surface area (Å²) in [6.07, 6.45) is 1.37. The Bertz CT molecular complexity index is 946. The number of para-hydroxylation sites is 1. The third kappa shape index (κ3) is 3.03. The predicted molar refractivity (Wildman–Crippen MR) is 111 cm³/mol. The molecule has 0 bridgehead atoms. The predicted octanol–water partition coefficient (Wildman–Crippen LogP) is 4.02. The maximum atomic E-state index is 5.67. The molecule has 2 unspecified atom stereocenters. The zero-order valence-electron chi connectivity index (χ0n) is 16.0. The van der Waals surface area contributed by atoms with E-state index in [2.05, 4.69) is 77.6 Å². The summed E-state index contributed by atoms with van der Waals surface area (Å²) in [4.78, 5) is 6.10. The Morgan fingerprint density at radius 3 is 2.67 bits per heavy atom. The van der Waals surface area contributed by atoms with Crippen molar-refractivity contribution >= 4 is 16.6 Å². The molecule has 0 aliphatic carbocycles. The van der Waals surface area contributed by atoms with E-state index in [-0.39, 0.29) is 6.04 Å². The molecule has 2 aromatic carbocycles. The Balaban J connectivity index is 1.48. The number of anilines is 1. The summed E-state index contributed by atoms with van der Waals surface area (Å²) in [6, 6.07) is 18.4. The van der Waals surface area contributed by atoms with Crippen LogP contribution in [0, 0.1) is 0 Å². The summed E-state index contributed by atoms with van der Waals surface area (Å²) in [5, 5.41) is 5.16. The quantitative estimate of drug-likeness (QED) is 0.724. The van der Waals surface area contributed by atoms with Crippen molar-refractivity contribution in [2.24, 2.45) is 0 Å². The third-order valence-electron chi connectivity index (χ3n) is 5.93. The van der Waals surface area contributed by atoms with Gasteiger partial charge in [0.25, 0.3) is 0 Å². The van der Waals surface area contributed by atoms with Gasteiger partial charge >= 0.3 is 0 Å². The van der Waals surface area contributed by atoms with E-state index in [1.807, 2.05) is 0 Å². The van der Waals surface area contributed by atoms with Crippen LogP contribution < -0.4 is 10.2 Å². The van der Waals surface area contributed by atoms with Crippen molar-refractivity contribution in [2.75, 3.05) is 24.6 Å². The number of benzene rings is 2. The van der Waals surface area contributed by atoms with Crippen molar-refractivity contribution in [1.82, 2.24) is 10.3 Å². The lowest BCUT2D eigenvalue weighted by Crippen LogP contribution is -2.41. The highest BCUT2D eigenvalue weighted by Gasteiger charge is 2.28. The van der Waals surface area contributed by atoms with Crippen molar-refractivity contribution < 1.29 is 4.74 Å². The van der Waals surface area contributed by atoms with Crippen molar-refractivity contribution in [2.45, 2.75) is 38.5 Å². The standard InChI is InChI=1S/C23H27N3O/c1-15-13-20-19-5-3-4-6-21(19)25-23(20)22(24-15)17-7-9-18(10-8-17)26-11-12-27-16(2)14-26/h3-10,15-16,22,24-25H,11-14H2,1-2H3/t15-,16?,22?/m0/s1. The molecule has 2 N–H and O–H groups in total. The normalized spacial score (nSPS) is 25.6. The summed E-state index contributed by atoms with van der Waals surface area (Å²) in [5.41, 5.74) is 6.63. The molecule has 4 heteroatoms. The average molecular weight is 361 g/mol. The Morgan fingerprint density at radius 2 is 1.85 bits per heavy atom. The van der Waals surface area contributed by atoms with E-state index in [0.29, 0.717) is 12.1 Å². The molecule has 0 saturated carbocycles. The van der Waals surface area contributed by atoms with Crippen LogP contribution in [-0.2, 0) is 11.2 Å². The molecule has 27 heavy (non-hydrogen) atoms. The van der Waals surface area contributed by atoms with E-state index >= 15 is 0 Å². The number of morpholine rings is 1. The van der Waals surface area contributed by atoms with Crippen LogP contribution in [0.2, 0.25) is 0 Å². The number of rotatable bonds is 2. The highest BCUT2D eigenvalue weighted by Crippen LogP contribution is 2.35. The van der Waals surface area contributed by atoms with E-state index in [9.17, 15) is 0 Å². The summed E-state index contributed by atoms with van der Waals surface area (Å²) in [5.74, 6) is 0. The molecule has 4 nitrogen and oxygen atoms in total. The highest BCUT2D eigenvalue weighted by molar-refractivity contribution is 5.85. The van der Waals surface area contributed by atoms with Gasteiger partial charge in [-0.3, -0.25) is 0 Å². The molecule has 1 fully saturated rings. The minimum atomic E-state index is 0.216. The Kier molecular flexibility index (Phi) is 4.18. The molecule has 2 aliphatic rings. The third-order valence-corrected chi connectivity index (χ3v) is 5.93. The summed E-state index contributed by atoms with van der Waals surface area (Å²) < 4.78 is 5.67. The van der Waals surface area contributed by atoms with Gasteiger partial charge in [-0.05, 0) is 49.6 Å². The van der Waals surface area contributed by atoms with E-state index in [1.54, 1.807) is 0 Å². The fraction of sp³-hybridized carbons (Fsp3) is 0.391. The zero-order valence-corrected chi connectivity index (χ0v) is 16.0. The number of aromatic nitrogens is 1. The van der Waals surface area contributed by atoms with E-state index in [4.69, 9.17) is 4.74 Å². The summed E-state index contributed by atoms with van der Waals surface area (Å²) in [7, 11) is 0. The molecular formula is C23H27N3O. The first-order valence-corrected chi connectivity index (χ1v) is 10.0. The second kappa shape index (κ2) is 6.70. The van der Waals surface area contributed by atoms with Crippen LogP contribution in [0.1, 0.15) is 36.7 Å². The Labute approximate surface area is 160 Å². The molecular weight excluding hydrogens is 334 g/mol. The lowest BCUT2D eigenvalue weighted by molar-refractivity contribution is 0.0532. The summed E-state index contributed by atoms with van der Waals surface area (Å²) in [6.45, 7) is 7.16. The van der Waals surface area contributed by atoms with Crippen LogP contribution in [0.4, 0.5) is 5.69 Å². The monoisotopic (exact) mass is 361 g/mol. The molecule has 1 aromatic heterocycles. The Morgan fingerprint density at radius 1 is 1.04 bits per heavy atom. The smallest absolute Gasteiger partial charge is 0.0734 e. The number of H-pyrrole nitrogens is 1. The molecule has 0 amide bonds. The number of nitrogens with one attached hydrogen (secondary N) is 2. The molecule has 5 rings (SSSR count). The van der Waals surface area contributed by atoms with Gasteiger partial charge in [-0.2, -0.15) is 0 Å². The first kappa shape index (κ1) is 16.8. The van der Waals surface area contributed by atoms with Crippen molar-refractivity contribution in [3.8, 4) is 0 Å². The van der Waals surface area contributed by atoms with Crippen LogP contribution >= 0.6 is 0 Å². The number of ether oxygens (including phenoxy) is 1. The van der Waals surface area contributed by atoms with Crippen LogP contribution in [-0.4, -0.2) is 36.8 Å². The first-order chi connectivity index (χ1) is 13.2. The fourth-order valence-electron chi connectivity index (χ4n) is 4.61. The van der Waals surface area contributed by atoms with Gasteiger partial charge in [0.15, 0.2) is 0 Å². The number of nitrogens with zero attached hydrogens (tertiary/aromatic N) is 1. The van der Waals surface area contributed by atoms with Gasteiger partial charge in [-0.25, -0.2) is 0 Å². The maximum absolute atomic E-state index is 5.67. The highest BCUT2D eigenvalue weighted by atomic mass is 16.5. The summed E-state index contributed by atoms with van der Waals surface area (Å²) >= 11 is 0. The lowest BCUT2D eigenvalue weighted by Gasteiger charge is -2.33. The largest absolute Gasteiger partial charge is 0.375 e. The molecule has 3 aromatic rings. The molecule has 1 saturated heterocycles. The van der Waals surface area contributed by atoms with Crippen molar-refractivity contribution in [3.05, 3.63) is 65.4 Å². The lowest BCUT2D eigenvalue weighted by atomic mass is 9.91. The SMILES string of the molecule is CC1CN(c2ccc(C3N[C@@H](C)Cc4c3[nH]c3ccccc43)cc2)CCO1. The van der Waals surface area contributed by atoms with Gasteiger partial charge in [0.1, 0.15) is 0 Å². The maximum Gasteiger partial charge on any atom is 0.0734 e. The van der Waals surface area contributed by atoms with E-state index in [1.165, 1.54) is 33.4 Å². The van der Waals surface area contributed by atoms with E-state index in [0.717, 1.165) is 26.1 Å². The Hall–Kier alpha value is -2.30. The minimum absolute atomic E-state index is 0.216. The van der Waals surface area contributed by atoms with Gasteiger partial charge < -0.3 is 19.9 Å². The first-order valence-electron chi connectivity index (χ1n) is 10.0. The van der Waals surface area contributed by atoms with Crippen LogP contribution in [0.5, 0.6) is 0 Å². The number of fused-ring (bicyclic) bond motifs is 3. The van der Waals surface area contributed by atoms with Crippen molar-refractivity contribution in [1.29, 1.82) is 0 Å². The van der Waals surface area contributed by atoms with Gasteiger partial charge in [0.2, 0.25) is 0 Å². The molecule has 3 heterocycles. The molecule has 2 aliphatic heterocycles. The number of hydrogen-bond acceptors (Lipinski definition) is 3. The van der Waals surface area contributed by atoms with Crippen molar-refractivity contribution in [3.63, 3.8) is 0 Å². The van der Waals surface area contributed by atoms with Gasteiger partial charge in [0.05, 0.1) is 18.8 Å². The molecule has 3 atom stereocenters.